The van der Waals surface area contributed by atoms with Gasteiger partial charge in [0.05, 0.1) is 0 Å². The molecule has 1 fully saturated rings. The van der Waals surface area contributed by atoms with E-state index < -0.39 is 0 Å². The maximum absolute atomic E-state index is 12.1. The highest BCUT2D eigenvalue weighted by molar-refractivity contribution is 5.73. The molecule has 8 heteroatoms. The van der Waals surface area contributed by atoms with Gasteiger partial charge in [-0.05, 0) is 37.6 Å². The molecule has 31 heavy (non-hydrogen) atoms. The second-order valence-corrected chi connectivity index (χ2v) is 9.15. The van der Waals surface area contributed by atoms with E-state index in [9.17, 15) is 4.79 Å². The van der Waals surface area contributed by atoms with Gasteiger partial charge in [0, 0.05) is 62.8 Å². The lowest BCUT2D eigenvalue weighted by atomic mass is 9.95. The Balaban J connectivity index is 1.35. The zero-order valence-electron chi connectivity index (χ0n) is 19.2. The Labute approximate surface area is 185 Å². The molecule has 1 aliphatic rings. The van der Waals surface area contributed by atoms with Crippen LogP contribution in [0.1, 0.15) is 44.3 Å². The third-order valence-electron chi connectivity index (χ3n) is 5.37. The van der Waals surface area contributed by atoms with E-state index in [1.807, 2.05) is 30.6 Å². The van der Waals surface area contributed by atoms with Crippen molar-refractivity contribution in [2.75, 3.05) is 44.7 Å². The third-order valence-corrected chi connectivity index (χ3v) is 5.37. The molecule has 2 aromatic rings. The first-order valence-electron chi connectivity index (χ1n) is 11.0. The summed E-state index contributed by atoms with van der Waals surface area (Å²) in [6.07, 6.45) is 5.29. The lowest BCUT2D eigenvalue weighted by Crippen LogP contribution is -2.44. The van der Waals surface area contributed by atoms with E-state index in [2.05, 4.69) is 63.2 Å². The molecule has 0 bridgehead atoms. The van der Waals surface area contributed by atoms with Gasteiger partial charge in [-0.1, -0.05) is 26.8 Å². The maximum atomic E-state index is 12.1. The summed E-state index contributed by atoms with van der Waals surface area (Å²) >= 11 is 0. The first-order chi connectivity index (χ1) is 14.8. The fourth-order valence-corrected chi connectivity index (χ4v) is 3.36. The van der Waals surface area contributed by atoms with Gasteiger partial charge in [-0.25, -0.2) is 19.7 Å². The van der Waals surface area contributed by atoms with E-state index in [1.165, 1.54) is 0 Å². The minimum absolute atomic E-state index is 0.0638. The van der Waals surface area contributed by atoms with Gasteiger partial charge in [0.25, 0.3) is 0 Å². The van der Waals surface area contributed by atoms with Crippen molar-refractivity contribution in [1.82, 2.24) is 30.5 Å². The number of urea groups is 1. The van der Waals surface area contributed by atoms with Crippen LogP contribution in [0.4, 0.5) is 10.6 Å². The molecule has 2 amide bonds. The molecule has 8 nitrogen and oxygen atoms in total. The summed E-state index contributed by atoms with van der Waals surface area (Å²) in [5, 5.41) is 5.80. The third kappa shape index (κ3) is 7.17. The van der Waals surface area contributed by atoms with E-state index in [-0.39, 0.29) is 11.4 Å². The molecule has 0 saturated carbocycles. The number of pyridine rings is 1. The molecule has 0 spiro atoms. The topological polar surface area (TPSA) is 86.3 Å². The number of aryl methyl sites for hydroxylation is 1. The van der Waals surface area contributed by atoms with Gasteiger partial charge in [-0.15, -0.1) is 0 Å². The van der Waals surface area contributed by atoms with Crippen molar-refractivity contribution in [3.8, 4) is 0 Å². The van der Waals surface area contributed by atoms with Crippen LogP contribution in [0.15, 0.2) is 30.6 Å². The van der Waals surface area contributed by atoms with Crippen LogP contribution >= 0.6 is 0 Å². The van der Waals surface area contributed by atoms with Gasteiger partial charge >= 0.3 is 6.03 Å². The minimum Gasteiger partial charge on any atom is -0.354 e. The van der Waals surface area contributed by atoms with Crippen molar-refractivity contribution in [1.29, 1.82) is 0 Å². The molecule has 2 N–H and O–H groups in total. The van der Waals surface area contributed by atoms with Crippen molar-refractivity contribution in [3.63, 3.8) is 0 Å². The van der Waals surface area contributed by atoms with Crippen LogP contribution < -0.4 is 15.5 Å². The summed E-state index contributed by atoms with van der Waals surface area (Å²) in [4.78, 5) is 30.2. The van der Waals surface area contributed by atoms with Crippen molar-refractivity contribution < 1.29 is 4.79 Å². The first kappa shape index (κ1) is 22.9. The molecule has 3 heterocycles. The Kier molecular flexibility index (Phi) is 7.79. The smallest absolute Gasteiger partial charge is 0.315 e. The van der Waals surface area contributed by atoms with Crippen LogP contribution in [0, 0.1) is 0 Å². The van der Waals surface area contributed by atoms with Crippen LogP contribution in [0.5, 0.6) is 0 Å². The lowest BCUT2D eigenvalue weighted by molar-refractivity contribution is 0.240. The zero-order chi connectivity index (χ0) is 22.3. The Bertz CT molecular complexity index is 840. The lowest BCUT2D eigenvalue weighted by Gasteiger charge is -2.33. The van der Waals surface area contributed by atoms with Gasteiger partial charge in [0.2, 0.25) is 0 Å². The number of hydrogen-bond acceptors (Lipinski definition) is 6. The highest BCUT2D eigenvalue weighted by Crippen LogP contribution is 2.17. The standard InChI is InChI=1S/C23H35N7O/c1-23(2,3)21-24-11-9-19(28-21)6-5-10-25-22(31)27-17-18-7-8-20(26-16-18)30-14-12-29(4)13-15-30/h7-9,11,16H,5-6,10,12-15,17H2,1-4H3,(H2,25,27,31). The normalized spacial score (nSPS) is 15.0. The number of amides is 2. The molecule has 0 aliphatic carbocycles. The predicted octanol–water partition coefficient (Wildman–Crippen LogP) is 2.35. The monoisotopic (exact) mass is 425 g/mol. The molecule has 3 rings (SSSR count). The van der Waals surface area contributed by atoms with Crippen LogP contribution in [0.25, 0.3) is 0 Å². The van der Waals surface area contributed by atoms with Crippen LogP contribution in [-0.4, -0.2) is 65.7 Å². The summed E-state index contributed by atoms with van der Waals surface area (Å²) in [6, 6.07) is 5.84. The number of anilines is 1. The van der Waals surface area contributed by atoms with E-state index in [0.717, 1.165) is 61.9 Å². The van der Waals surface area contributed by atoms with Crippen molar-refractivity contribution in [2.24, 2.45) is 0 Å². The fraction of sp³-hybridized carbons (Fsp3) is 0.565. The average molecular weight is 426 g/mol. The first-order valence-corrected chi connectivity index (χ1v) is 11.0. The Hall–Kier alpha value is -2.74. The second-order valence-electron chi connectivity index (χ2n) is 9.15. The van der Waals surface area contributed by atoms with Gasteiger partial charge in [-0.3, -0.25) is 0 Å². The van der Waals surface area contributed by atoms with Crippen LogP contribution in [0.3, 0.4) is 0 Å². The molecular weight excluding hydrogens is 390 g/mol. The van der Waals surface area contributed by atoms with E-state index >= 15 is 0 Å². The quantitative estimate of drug-likeness (QED) is 0.663. The highest BCUT2D eigenvalue weighted by atomic mass is 16.2. The molecule has 168 valence electrons. The number of piperazine rings is 1. The Morgan fingerprint density at radius 1 is 1.06 bits per heavy atom. The fourth-order valence-electron chi connectivity index (χ4n) is 3.36. The molecule has 0 radical (unpaired) electrons. The van der Waals surface area contributed by atoms with E-state index in [0.29, 0.717) is 13.1 Å². The molecule has 2 aromatic heterocycles. The molecular formula is C23H35N7O. The number of rotatable bonds is 7. The average Bonchev–Trinajstić information content (AvgIpc) is 2.76. The Morgan fingerprint density at radius 3 is 2.52 bits per heavy atom. The summed E-state index contributed by atoms with van der Waals surface area (Å²) in [5.41, 5.74) is 1.93. The molecule has 1 saturated heterocycles. The van der Waals surface area contributed by atoms with Crippen LogP contribution in [0.2, 0.25) is 0 Å². The van der Waals surface area contributed by atoms with Crippen molar-refractivity contribution in [3.05, 3.63) is 47.7 Å². The number of nitrogens with one attached hydrogen (secondary N) is 2. The van der Waals surface area contributed by atoms with E-state index in [1.54, 1.807) is 0 Å². The largest absolute Gasteiger partial charge is 0.354 e. The predicted molar refractivity (Wildman–Crippen MR) is 123 cm³/mol. The van der Waals surface area contributed by atoms with Gasteiger partial charge in [0.1, 0.15) is 11.6 Å². The summed E-state index contributed by atoms with van der Waals surface area (Å²) in [5.74, 6) is 1.85. The summed E-state index contributed by atoms with van der Waals surface area (Å²) < 4.78 is 0. The maximum Gasteiger partial charge on any atom is 0.315 e. The highest BCUT2D eigenvalue weighted by Gasteiger charge is 2.17. The molecule has 0 unspecified atom stereocenters. The molecule has 1 aliphatic heterocycles. The van der Waals surface area contributed by atoms with Gasteiger partial charge in [-0.2, -0.15) is 0 Å². The number of carbonyl (C=O) groups excluding carboxylic acids is 1. The number of carbonyl (C=O) groups is 1. The minimum atomic E-state index is -0.166. The number of nitrogens with zero attached hydrogens (tertiary/aromatic N) is 5. The van der Waals surface area contributed by atoms with Gasteiger partial charge < -0.3 is 20.4 Å². The Morgan fingerprint density at radius 2 is 1.84 bits per heavy atom. The van der Waals surface area contributed by atoms with E-state index in [4.69, 9.17) is 0 Å². The molecule has 0 atom stereocenters. The zero-order valence-corrected chi connectivity index (χ0v) is 19.2. The number of hydrogen-bond donors (Lipinski definition) is 2. The molecule has 0 aromatic carbocycles. The number of likely N-dealkylation sites (N-methyl/N-ethyl adjacent to an activating group) is 1. The van der Waals surface area contributed by atoms with Crippen molar-refractivity contribution in [2.45, 2.75) is 45.6 Å². The van der Waals surface area contributed by atoms with Gasteiger partial charge in [0.15, 0.2) is 0 Å². The van der Waals surface area contributed by atoms with Crippen LogP contribution in [-0.2, 0) is 18.4 Å². The summed E-state index contributed by atoms with van der Waals surface area (Å²) in [7, 11) is 2.14. The number of aromatic nitrogens is 3. The SMILES string of the molecule is CN1CCN(c2ccc(CNC(=O)NCCCc3ccnc(C(C)(C)C)n3)cn2)CC1. The van der Waals surface area contributed by atoms with Crippen molar-refractivity contribution >= 4 is 11.8 Å². The summed E-state index contributed by atoms with van der Waals surface area (Å²) in [6.45, 7) is 11.5. The second kappa shape index (κ2) is 10.5.